The van der Waals surface area contributed by atoms with E-state index in [9.17, 15) is 23.3 Å². The molecule has 26 heavy (non-hydrogen) atoms. The summed E-state index contributed by atoms with van der Waals surface area (Å²) in [7, 11) is 0. The first-order chi connectivity index (χ1) is 12.2. The van der Waals surface area contributed by atoms with Crippen LogP contribution in [0.2, 0.25) is 0 Å². The summed E-state index contributed by atoms with van der Waals surface area (Å²) in [6.07, 6.45) is -3.45. The Labute approximate surface area is 153 Å². The lowest BCUT2D eigenvalue weighted by Crippen LogP contribution is -2.41. The summed E-state index contributed by atoms with van der Waals surface area (Å²) in [5, 5.41) is 13.9. The van der Waals surface area contributed by atoms with E-state index >= 15 is 0 Å². The fourth-order valence-electron chi connectivity index (χ4n) is 2.43. The van der Waals surface area contributed by atoms with Gasteiger partial charge in [-0.3, -0.25) is 4.57 Å². The van der Waals surface area contributed by atoms with Crippen LogP contribution < -0.4 is 14.8 Å². The van der Waals surface area contributed by atoms with Crippen molar-refractivity contribution in [2.45, 2.75) is 25.5 Å². The Bertz CT molecular complexity index is 827. The van der Waals surface area contributed by atoms with Gasteiger partial charge in [-0.15, -0.1) is 13.2 Å². The summed E-state index contributed by atoms with van der Waals surface area (Å²) >= 11 is 3.22. The molecule has 2 heterocycles. The first-order valence-electron chi connectivity index (χ1n) is 7.33. The number of rotatable bonds is 5. The molecule has 0 unspecified atom stereocenters. The highest BCUT2D eigenvalue weighted by atomic mass is 79.9. The van der Waals surface area contributed by atoms with E-state index in [1.54, 1.807) is 0 Å². The van der Waals surface area contributed by atoms with Gasteiger partial charge in [0.05, 0.1) is 6.04 Å². The quantitative estimate of drug-likeness (QED) is 0.572. The first-order valence-corrected chi connectivity index (χ1v) is 8.12. The molecule has 1 aromatic carbocycles. The summed E-state index contributed by atoms with van der Waals surface area (Å²) in [5.41, 5.74) is 0.724. The van der Waals surface area contributed by atoms with Gasteiger partial charge in [-0.2, -0.15) is 0 Å². The van der Waals surface area contributed by atoms with Crippen LogP contribution in [-0.4, -0.2) is 33.5 Å². The van der Waals surface area contributed by atoms with Crippen LogP contribution in [-0.2, 0) is 13.1 Å². The Balaban J connectivity index is 1.60. The molecule has 1 aliphatic rings. The lowest BCUT2D eigenvalue weighted by atomic mass is 10.2. The molecule has 0 bridgehead atoms. The monoisotopic (exact) mass is 436 g/mol. The van der Waals surface area contributed by atoms with Crippen LogP contribution in [0.1, 0.15) is 5.56 Å². The van der Waals surface area contributed by atoms with Crippen molar-refractivity contribution in [3.63, 3.8) is 0 Å². The molecule has 2 aromatic rings. The molecular formula is C14H12BrF3N4O4. The molecule has 0 fully saturated rings. The third-order valence-corrected chi connectivity index (χ3v) is 4.32. The average Bonchev–Trinajstić information content (AvgIpc) is 2.96. The van der Waals surface area contributed by atoms with E-state index in [1.165, 1.54) is 29.0 Å². The molecule has 1 aliphatic heterocycles. The molecule has 0 saturated carbocycles. The summed E-state index contributed by atoms with van der Waals surface area (Å²) < 4.78 is 47.9. The standard InChI is InChI=1S/C14H12BrF3N4O4/c15-11-3-10(26-14(16,17)18)2-1-8(11)4-19-9-5-21-6-12(22(23)24)20-13(21)25-7-9/h1-3,6,9,19H,4-5,7H2/t9-/m0/s1. The Kier molecular flexibility index (Phi) is 5.05. The molecule has 0 amide bonds. The zero-order valence-electron chi connectivity index (χ0n) is 13.0. The number of hydrogen-bond acceptors (Lipinski definition) is 6. The molecule has 0 spiro atoms. The molecule has 0 radical (unpaired) electrons. The van der Waals surface area contributed by atoms with Crippen LogP contribution >= 0.6 is 15.9 Å². The second kappa shape index (κ2) is 7.11. The van der Waals surface area contributed by atoms with E-state index in [2.05, 4.69) is 31.0 Å². The minimum absolute atomic E-state index is 0.144. The van der Waals surface area contributed by atoms with Crippen molar-refractivity contribution >= 4 is 21.7 Å². The predicted molar refractivity (Wildman–Crippen MR) is 85.8 cm³/mol. The lowest BCUT2D eigenvalue weighted by Gasteiger charge is -2.23. The Morgan fingerprint density at radius 3 is 2.92 bits per heavy atom. The highest BCUT2D eigenvalue weighted by molar-refractivity contribution is 9.10. The lowest BCUT2D eigenvalue weighted by molar-refractivity contribution is -0.389. The Hall–Kier alpha value is -2.34. The number of aromatic nitrogens is 2. The van der Waals surface area contributed by atoms with Crippen LogP contribution in [0.25, 0.3) is 0 Å². The van der Waals surface area contributed by atoms with Crippen molar-refractivity contribution in [1.82, 2.24) is 14.9 Å². The van der Waals surface area contributed by atoms with Crippen molar-refractivity contribution in [3.8, 4) is 11.8 Å². The van der Waals surface area contributed by atoms with E-state index in [0.29, 0.717) is 17.6 Å². The van der Waals surface area contributed by atoms with Gasteiger partial charge in [0, 0.05) is 22.5 Å². The molecular weight excluding hydrogens is 425 g/mol. The number of nitro groups is 1. The molecule has 0 aliphatic carbocycles. The normalized spacial score (nSPS) is 16.7. The van der Waals surface area contributed by atoms with Gasteiger partial charge >= 0.3 is 18.2 Å². The maximum absolute atomic E-state index is 12.2. The number of nitrogens with one attached hydrogen (secondary N) is 1. The number of hydrogen-bond donors (Lipinski definition) is 1. The number of nitrogens with zero attached hydrogens (tertiary/aromatic N) is 3. The van der Waals surface area contributed by atoms with Crippen molar-refractivity contribution in [3.05, 3.63) is 44.5 Å². The zero-order valence-corrected chi connectivity index (χ0v) is 14.6. The van der Waals surface area contributed by atoms with E-state index in [1.807, 2.05) is 0 Å². The molecule has 1 aromatic heterocycles. The van der Waals surface area contributed by atoms with Crippen molar-refractivity contribution in [2.75, 3.05) is 6.61 Å². The van der Waals surface area contributed by atoms with E-state index < -0.39 is 11.3 Å². The molecule has 3 rings (SSSR count). The van der Waals surface area contributed by atoms with Crippen LogP contribution in [0.5, 0.6) is 11.8 Å². The maximum Gasteiger partial charge on any atom is 0.573 e. The molecule has 1 atom stereocenters. The first kappa shape index (κ1) is 18.5. The topological polar surface area (TPSA) is 91.5 Å². The predicted octanol–water partition coefficient (Wildman–Crippen LogP) is 3.00. The van der Waals surface area contributed by atoms with Crippen LogP contribution in [0.15, 0.2) is 28.9 Å². The zero-order chi connectivity index (χ0) is 18.9. The number of alkyl halides is 3. The minimum Gasteiger partial charge on any atom is -0.444 e. The minimum atomic E-state index is -4.75. The third kappa shape index (κ3) is 4.43. The van der Waals surface area contributed by atoms with Gasteiger partial charge in [-0.1, -0.05) is 22.0 Å². The highest BCUT2D eigenvalue weighted by Gasteiger charge is 2.31. The third-order valence-electron chi connectivity index (χ3n) is 3.58. The summed E-state index contributed by atoms with van der Waals surface area (Å²) in [4.78, 5) is 13.9. The molecule has 12 heteroatoms. The summed E-state index contributed by atoms with van der Waals surface area (Å²) in [6.45, 7) is 1.04. The smallest absolute Gasteiger partial charge is 0.444 e. The van der Waals surface area contributed by atoms with Gasteiger partial charge in [0.25, 0.3) is 0 Å². The van der Waals surface area contributed by atoms with Crippen LogP contribution in [0.3, 0.4) is 0 Å². The number of ether oxygens (including phenoxy) is 2. The average molecular weight is 437 g/mol. The number of benzene rings is 1. The number of imidazole rings is 1. The maximum atomic E-state index is 12.2. The van der Waals surface area contributed by atoms with Crippen LogP contribution in [0.4, 0.5) is 19.0 Å². The SMILES string of the molecule is O=[N+]([O-])c1cn2c(n1)OC[C@@H](NCc1ccc(OC(F)(F)F)cc1Br)C2. The largest absolute Gasteiger partial charge is 0.573 e. The summed E-state index contributed by atoms with van der Waals surface area (Å²) in [6, 6.07) is 4.01. The fraction of sp³-hybridized carbons (Fsp3) is 0.357. The second-order valence-electron chi connectivity index (χ2n) is 5.48. The molecule has 1 N–H and O–H groups in total. The number of halogens is 4. The van der Waals surface area contributed by atoms with Gasteiger partial charge in [0.2, 0.25) is 0 Å². The molecule has 140 valence electrons. The highest BCUT2D eigenvalue weighted by Crippen LogP contribution is 2.28. The summed E-state index contributed by atoms with van der Waals surface area (Å²) in [5.74, 6) is -0.604. The molecule has 8 nitrogen and oxygen atoms in total. The van der Waals surface area contributed by atoms with Crippen LogP contribution in [0, 0.1) is 10.1 Å². The van der Waals surface area contributed by atoms with Crippen molar-refractivity contribution in [2.24, 2.45) is 0 Å². The van der Waals surface area contributed by atoms with E-state index in [4.69, 9.17) is 4.74 Å². The van der Waals surface area contributed by atoms with Gasteiger partial charge < -0.3 is 24.9 Å². The van der Waals surface area contributed by atoms with E-state index in [0.717, 1.165) is 5.56 Å². The second-order valence-corrected chi connectivity index (χ2v) is 6.34. The van der Waals surface area contributed by atoms with E-state index in [-0.39, 0.29) is 30.2 Å². The fourth-order valence-corrected chi connectivity index (χ4v) is 2.93. The molecule has 0 saturated heterocycles. The van der Waals surface area contributed by atoms with Gasteiger partial charge in [0.1, 0.15) is 18.6 Å². The van der Waals surface area contributed by atoms with Gasteiger partial charge in [-0.25, -0.2) is 0 Å². The Morgan fingerprint density at radius 1 is 1.50 bits per heavy atom. The van der Waals surface area contributed by atoms with Gasteiger partial charge in [-0.05, 0) is 22.6 Å². The number of fused-ring (bicyclic) bond motifs is 1. The Morgan fingerprint density at radius 2 is 2.27 bits per heavy atom. The van der Waals surface area contributed by atoms with Crippen molar-refractivity contribution in [1.29, 1.82) is 0 Å². The van der Waals surface area contributed by atoms with Crippen molar-refractivity contribution < 1.29 is 27.6 Å². The van der Waals surface area contributed by atoms with Gasteiger partial charge in [0.15, 0.2) is 0 Å².